The Bertz CT molecular complexity index is 2820. The summed E-state index contributed by atoms with van der Waals surface area (Å²) in [6.45, 7) is 27.6. The zero-order valence-corrected chi connectivity index (χ0v) is 36.4. The van der Waals surface area contributed by atoms with E-state index in [1.165, 1.54) is 87.2 Å². The van der Waals surface area contributed by atoms with E-state index < -0.39 is 0 Å². The molecule has 286 valence electrons. The number of nitrogens with zero attached hydrogens (tertiary/aromatic N) is 2. The van der Waals surface area contributed by atoms with E-state index in [0.717, 1.165) is 17.2 Å². The first-order valence-electron chi connectivity index (χ1n) is 20.6. The number of thiophene rings is 1. The standard InChI is InChI=1S/C52H53BN2OS/c1-49(2,3)30-17-21-34(22-18-30)54-39-26-31(50(4,5)6)19-23-37(39)53-47-40(54)29-44-45(35-15-13-14-16-43(35)57-44)46(47)36-25-33(52(10,11)12)28-42-48(36)55(53)38-24-20-32(51(7,8)9)27-41(38)56-42/h13-29H,1-12H3. The Hall–Kier alpha value is -5.00. The van der Waals surface area contributed by atoms with Gasteiger partial charge in [0.2, 0.25) is 0 Å². The maximum absolute atomic E-state index is 7.16. The fraction of sp³-hybridized carbons (Fsp3) is 0.308. The first-order chi connectivity index (χ1) is 26.8. The average molecular weight is 765 g/mol. The monoisotopic (exact) mass is 764 g/mol. The van der Waals surface area contributed by atoms with Crippen molar-refractivity contribution in [1.29, 1.82) is 0 Å². The van der Waals surface area contributed by atoms with Crippen molar-refractivity contribution in [3.8, 4) is 22.6 Å². The third-order valence-corrected chi connectivity index (χ3v) is 13.8. The van der Waals surface area contributed by atoms with Crippen LogP contribution in [0.15, 0.2) is 103 Å². The third-order valence-electron chi connectivity index (χ3n) is 12.6. The van der Waals surface area contributed by atoms with Crippen molar-refractivity contribution in [3.05, 3.63) is 125 Å². The molecule has 0 bridgehead atoms. The highest BCUT2D eigenvalue weighted by Crippen LogP contribution is 2.59. The molecule has 5 heteroatoms. The number of rotatable bonds is 1. The molecular formula is C52H53BN2OS. The topological polar surface area (TPSA) is 15.7 Å². The number of hydrogen-bond acceptors (Lipinski definition) is 4. The van der Waals surface area contributed by atoms with Gasteiger partial charge in [-0.3, -0.25) is 0 Å². The highest BCUT2D eigenvalue weighted by molar-refractivity contribution is 7.26. The minimum Gasteiger partial charge on any atom is -0.453 e. The van der Waals surface area contributed by atoms with Gasteiger partial charge >= 0.3 is 6.85 Å². The molecule has 0 N–H and O–H groups in total. The quantitative estimate of drug-likeness (QED) is 0.155. The number of anilines is 5. The second-order valence-electron chi connectivity index (χ2n) is 20.7. The molecule has 6 aromatic carbocycles. The summed E-state index contributed by atoms with van der Waals surface area (Å²) in [5, 5.41) is 2.67. The van der Waals surface area contributed by atoms with Crippen LogP contribution in [0.4, 0.5) is 28.4 Å². The molecule has 3 aliphatic heterocycles. The minimum atomic E-state index is -0.0917. The number of hydrogen-bond donors (Lipinski definition) is 0. The molecule has 4 heterocycles. The van der Waals surface area contributed by atoms with Crippen LogP contribution in [-0.2, 0) is 21.7 Å². The molecule has 7 aromatic rings. The van der Waals surface area contributed by atoms with Crippen LogP contribution in [0.5, 0.6) is 11.5 Å². The number of fused-ring (bicyclic) bond motifs is 10. The van der Waals surface area contributed by atoms with Gasteiger partial charge in [-0.15, -0.1) is 11.3 Å². The maximum Gasteiger partial charge on any atom is 0.333 e. The lowest BCUT2D eigenvalue weighted by atomic mass is 9.43. The molecule has 57 heavy (non-hydrogen) atoms. The van der Waals surface area contributed by atoms with Crippen molar-refractivity contribution in [3.63, 3.8) is 0 Å². The van der Waals surface area contributed by atoms with Crippen molar-refractivity contribution < 1.29 is 4.74 Å². The van der Waals surface area contributed by atoms with Crippen LogP contribution >= 0.6 is 11.3 Å². The molecule has 0 atom stereocenters. The van der Waals surface area contributed by atoms with E-state index in [-0.39, 0.29) is 28.5 Å². The third kappa shape index (κ3) is 5.44. The molecule has 0 saturated heterocycles. The van der Waals surface area contributed by atoms with Crippen LogP contribution in [0, 0.1) is 0 Å². The largest absolute Gasteiger partial charge is 0.453 e. The number of benzene rings is 6. The average Bonchev–Trinajstić information content (AvgIpc) is 3.51. The lowest BCUT2D eigenvalue weighted by Crippen LogP contribution is -2.62. The van der Waals surface area contributed by atoms with Gasteiger partial charge < -0.3 is 14.4 Å². The highest BCUT2D eigenvalue weighted by atomic mass is 32.1. The minimum absolute atomic E-state index is 0.0196. The van der Waals surface area contributed by atoms with Gasteiger partial charge in [-0.25, -0.2) is 0 Å². The molecule has 0 aliphatic carbocycles. The Morgan fingerprint density at radius 3 is 1.82 bits per heavy atom. The summed E-state index contributed by atoms with van der Waals surface area (Å²) in [7, 11) is 0. The fourth-order valence-electron chi connectivity index (χ4n) is 9.33. The zero-order valence-electron chi connectivity index (χ0n) is 35.6. The lowest BCUT2D eigenvalue weighted by molar-refractivity contribution is 0.470. The molecule has 0 amide bonds. The Balaban J connectivity index is 1.38. The van der Waals surface area contributed by atoms with Gasteiger partial charge in [0.25, 0.3) is 0 Å². The van der Waals surface area contributed by atoms with Crippen LogP contribution in [0.2, 0.25) is 0 Å². The molecule has 3 nitrogen and oxygen atoms in total. The normalized spacial score (nSPS) is 14.7. The second kappa shape index (κ2) is 11.8. The Kier molecular flexibility index (Phi) is 7.52. The maximum atomic E-state index is 7.16. The molecule has 3 aliphatic rings. The van der Waals surface area contributed by atoms with Gasteiger partial charge in [-0.1, -0.05) is 132 Å². The van der Waals surface area contributed by atoms with E-state index >= 15 is 0 Å². The molecule has 0 radical (unpaired) electrons. The van der Waals surface area contributed by atoms with Crippen LogP contribution in [0.25, 0.3) is 31.3 Å². The Morgan fingerprint density at radius 2 is 1.14 bits per heavy atom. The van der Waals surface area contributed by atoms with Crippen LogP contribution in [0.3, 0.4) is 0 Å². The molecule has 0 spiro atoms. The highest BCUT2D eigenvalue weighted by Gasteiger charge is 2.49. The van der Waals surface area contributed by atoms with E-state index in [4.69, 9.17) is 4.74 Å². The SMILES string of the molecule is CC(C)(C)c1ccc(N2c3cc(C(C)(C)C)ccc3B3c4c2cc2sc5ccccc5c2c4-c2cc(C(C)(C)C)cc4c2N3c2ccc(C(C)(C)C)cc2O4)cc1. The van der Waals surface area contributed by atoms with Crippen molar-refractivity contribution in [2.45, 2.75) is 105 Å². The van der Waals surface area contributed by atoms with Gasteiger partial charge in [0.15, 0.2) is 5.75 Å². The Morgan fingerprint density at radius 1 is 0.526 bits per heavy atom. The summed E-state index contributed by atoms with van der Waals surface area (Å²) in [5.41, 5.74) is 16.3. The first-order valence-corrected chi connectivity index (χ1v) is 21.4. The van der Waals surface area contributed by atoms with E-state index in [1.54, 1.807) is 0 Å². The Labute approximate surface area is 343 Å². The fourth-order valence-corrected chi connectivity index (χ4v) is 10.5. The van der Waals surface area contributed by atoms with Crippen LogP contribution < -0.4 is 25.4 Å². The van der Waals surface area contributed by atoms with E-state index in [9.17, 15) is 0 Å². The van der Waals surface area contributed by atoms with Gasteiger partial charge in [0.1, 0.15) is 5.75 Å². The predicted octanol–water partition coefficient (Wildman–Crippen LogP) is 14.1. The molecular weight excluding hydrogens is 711 g/mol. The van der Waals surface area contributed by atoms with Crippen molar-refractivity contribution in [2.24, 2.45) is 0 Å². The lowest BCUT2D eigenvalue weighted by Gasteiger charge is -2.48. The summed E-state index contributed by atoms with van der Waals surface area (Å²) in [4.78, 5) is 5.23. The van der Waals surface area contributed by atoms with Gasteiger partial charge in [0.05, 0.1) is 11.4 Å². The molecule has 10 rings (SSSR count). The summed E-state index contributed by atoms with van der Waals surface area (Å²) in [6, 6.07) is 39.9. The van der Waals surface area contributed by atoms with E-state index in [2.05, 4.69) is 196 Å². The first kappa shape index (κ1) is 36.4. The van der Waals surface area contributed by atoms with E-state index in [1.807, 2.05) is 11.3 Å². The van der Waals surface area contributed by atoms with Crippen LogP contribution in [0.1, 0.15) is 105 Å². The molecule has 1 aromatic heterocycles. The van der Waals surface area contributed by atoms with E-state index in [0.29, 0.717) is 0 Å². The molecule has 0 saturated carbocycles. The van der Waals surface area contributed by atoms with Gasteiger partial charge in [-0.05, 0) is 115 Å². The number of ether oxygens (including phenoxy) is 1. The van der Waals surface area contributed by atoms with Crippen molar-refractivity contribution >= 4 is 77.7 Å². The summed E-state index contributed by atoms with van der Waals surface area (Å²) in [5.74, 6) is 1.86. The summed E-state index contributed by atoms with van der Waals surface area (Å²) in [6.07, 6.45) is 0. The molecule has 0 fully saturated rings. The molecule has 0 unspecified atom stereocenters. The summed E-state index contributed by atoms with van der Waals surface area (Å²) < 4.78 is 9.79. The zero-order chi connectivity index (χ0) is 40.1. The van der Waals surface area contributed by atoms with Gasteiger partial charge in [0, 0.05) is 42.8 Å². The van der Waals surface area contributed by atoms with Gasteiger partial charge in [-0.2, -0.15) is 0 Å². The van der Waals surface area contributed by atoms with Crippen molar-refractivity contribution in [1.82, 2.24) is 0 Å². The smallest absolute Gasteiger partial charge is 0.333 e. The summed E-state index contributed by atoms with van der Waals surface area (Å²) >= 11 is 1.91. The second-order valence-corrected chi connectivity index (χ2v) is 21.8. The van der Waals surface area contributed by atoms with Crippen molar-refractivity contribution in [2.75, 3.05) is 9.71 Å². The van der Waals surface area contributed by atoms with Crippen LogP contribution in [-0.4, -0.2) is 6.85 Å². The predicted molar refractivity (Wildman–Crippen MR) is 248 cm³/mol.